The number of allylic oxidation sites excluding steroid dienone is 1. The maximum atomic E-state index is 13.6. The molecule has 1 aliphatic carbocycles. The minimum atomic E-state index is -3.26. The van der Waals surface area contributed by atoms with Gasteiger partial charge in [-0.2, -0.15) is 13.5 Å². The van der Waals surface area contributed by atoms with Crippen LogP contribution in [-0.4, -0.2) is 55.1 Å². The molecule has 3 heterocycles. The molecule has 0 radical (unpaired) electrons. The highest BCUT2D eigenvalue weighted by Gasteiger charge is 2.34. The molecule has 3 aliphatic rings. The largest absolute Gasteiger partial charge is 0.383 e. The molecule has 0 saturated heterocycles. The number of rotatable bonds is 8. The Kier molecular flexibility index (Phi) is 8.52. The van der Waals surface area contributed by atoms with E-state index in [1.807, 2.05) is 6.92 Å². The molecule has 2 unspecified atom stereocenters. The Morgan fingerprint density at radius 2 is 2.00 bits per heavy atom. The first-order valence-corrected chi connectivity index (χ1v) is 14.8. The number of thiol groups is 1. The lowest BCUT2D eigenvalue weighted by molar-refractivity contribution is -0.113. The van der Waals surface area contributed by atoms with Crippen LogP contribution >= 0.6 is 23.2 Å². The summed E-state index contributed by atoms with van der Waals surface area (Å²) in [6.45, 7) is 4.12. The number of aromatic nitrogens is 1. The highest BCUT2D eigenvalue weighted by molar-refractivity contribution is 7.67. The molecule has 0 spiro atoms. The minimum Gasteiger partial charge on any atom is -0.383 e. The summed E-state index contributed by atoms with van der Waals surface area (Å²) in [7, 11) is -3.26. The number of carbonyl (C=O) groups is 2. The zero-order valence-corrected chi connectivity index (χ0v) is 24.6. The van der Waals surface area contributed by atoms with Crippen molar-refractivity contribution < 1.29 is 22.2 Å². The molecular weight excluding hydrogens is 591 g/mol. The first-order valence-electron chi connectivity index (χ1n) is 12.9. The second-order valence-corrected chi connectivity index (χ2v) is 11.6. The Morgan fingerprint density at radius 1 is 1.22 bits per heavy atom. The highest BCUT2D eigenvalue weighted by atomic mass is 35.5. The van der Waals surface area contributed by atoms with Gasteiger partial charge in [0.15, 0.2) is 5.76 Å². The second-order valence-electron chi connectivity index (χ2n) is 10.1. The topological polar surface area (TPSA) is 142 Å². The van der Waals surface area contributed by atoms with Crippen molar-refractivity contribution in [3.05, 3.63) is 80.9 Å². The number of hydrazone groups is 1. The summed E-state index contributed by atoms with van der Waals surface area (Å²) in [6, 6.07) is 6.58. The number of aryl methyl sites for hydroxylation is 1. The third-order valence-corrected chi connectivity index (χ3v) is 7.99. The molecule has 41 heavy (non-hydrogen) atoms. The highest BCUT2D eigenvalue weighted by Crippen LogP contribution is 2.34. The lowest BCUT2D eigenvalue weighted by atomic mass is 10.0. The third-order valence-electron chi connectivity index (χ3n) is 7.10. The molecule has 2 aliphatic heterocycles. The van der Waals surface area contributed by atoms with Crippen LogP contribution in [0, 0.1) is 12.8 Å². The van der Waals surface area contributed by atoms with Crippen molar-refractivity contribution in [2.75, 3.05) is 18.4 Å². The lowest BCUT2D eigenvalue weighted by Gasteiger charge is -2.28. The fraction of sp³-hybridized carbons (Fsp3) is 0.333. The van der Waals surface area contributed by atoms with Gasteiger partial charge in [-0.25, -0.2) is 0 Å². The second kappa shape index (κ2) is 12.1. The van der Waals surface area contributed by atoms with Gasteiger partial charge in [-0.05, 0) is 68.5 Å². The number of anilines is 1. The standard InChI is InChI=1S/C27H28Cl2N6O5S/c1-14-8-18(28)10-20(27(37)32-15(2)16-5-6-16)23(14)33-26(36)17-9-19(40-41(38)39)13-35(12-17)25-21(11-31-34-25)24-22(29)4-3-7-30-24/h3-4,7-10,13,15-16,21,31,41H,5-6,11-12H2,1-2H3,(H,32,37)(H,33,36). The van der Waals surface area contributed by atoms with E-state index in [-0.39, 0.29) is 41.3 Å². The molecule has 1 aromatic heterocycles. The van der Waals surface area contributed by atoms with E-state index in [0.717, 1.165) is 12.8 Å². The molecule has 3 N–H and O–H groups in total. The van der Waals surface area contributed by atoms with E-state index in [1.54, 1.807) is 36.2 Å². The first kappa shape index (κ1) is 28.9. The zero-order chi connectivity index (χ0) is 29.3. The molecule has 0 bridgehead atoms. The van der Waals surface area contributed by atoms with Crippen LogP contribution < -0.4 is 16.1 Å². The van der Waals surface area contributed by atoms with Crippen LogP contribution in [0.5, 0.6) is 0 Å². The van der Waals surface area contributed by atoms with Crippen LogP contribution in [0.3, 0.4) is 0 Å². The lowest BCUT2D eigenvalue weighted by Crippen LogP contribution is -2.37. The molecule has 5 rings (SSSR count). The Hall–Kier alpha value is -3.61. The van der Waals surface area contributed by atoms with E-state index in [0.29, 0.717) is 45.3 Å². The smallest absolute Gasteiger partial charge is 0.299 e. The van der Waals surface area contributed by atoms with Crippen LogP contribution in [0.15, 0.2) is 59.2 Å². The Bertz CT molecular complexity index is 1560. The van der Waals surface area contributed by atoms with E-state index >= 15 is 0 Å². The van der Waals surface area contributed by atoms with E-state index in [9.17, 15) is 18.0 Å². The first-order chi connectivity index (χ1) is 19.6. The number of benzene rings is 1. The third kappa shape index (κ3) is 6.66. The van der Waals surface area contributed by atoms with Gasteiger partial charge in [-0.3, -0.25) is 14.6 Å². The molecule has 2 aromatic rings. The van der Waals surface area contributed by atoms with E-state index in [2.05, 4.69) is 26.1 Å². The van der Waals surface area contributed by atoms with Gasteiger partial charge in [0.25, 0.3) is 22.8 Å². The van der Waals surface area contributed by atoms with Gasteiger partial charge in [-0.1, -0.05) is 23.2 Å². The van der Waals surface area contributed by atoms with E-state index in [4.69, 9.17) is 27.4 Å². The molecular formula is C27H28Cl2N6O5S. The molecule has 2 atom stereocenters. The minimum absolute atomic E-state index is 0.0137. The summed E-state index contributed by atoms with van der Waals surface area (Å²) in [5, 5.41) is 11.0. The zero-order valence-electron chi connectivity index (χ0n) is 22.2. The SMILES string of the molecule is Cc1cc(Cl)cc(C(=O)NC(C)C2CC2)c1NC(=O)C1=CC(O[SH](=O)=O)=CN(C2=NNCC2c2ncccc2Cl)C1. The van der Waals surface area contributed by atoms with Gasteiger partial charge >= 0.3 is 0 Å². The number of carbonyl (C=O) groups excluding carboxylic acids is 2. The van der Waals surface area contributed by atoms with Crippen LogP contribution in [0.1, 0.15) is 47.3 Å². The fourth-order valence-electron chi connectivity index (χ4n) is 4.86. The van der Waals surface area contributed by atoms with Crippen molar-refractivity contribution >= 4 is 57.5 Å². The maximum absolute atomic E-state index is 13.6. The molecule has 1 fully saturated rings. The number of pyridine rings is 1. The van der Waals surface area contributed by atoms with Gasteiger partial charge in [-0.15, -0.1) is 0 Å². The number of hydrogen-bond acceptors (Lipinski definition) is 9. The van der Waals surface area contributed by atoms with Crippen molar-refractivity contribution in [1.82, 2.24) is 20.6 Å². The average Bonchev–Trinajstić information content (AvgIpc) is 3.66. The molecule has 1 aromatic carbocycles. The molecule has 1 saturated carbocycles. The number of amidine groups is 1. The van der Waals surface area contributed by atoms with Gasteiger partial charge in [0.05, 0.1) is 34.4 Å². The van der Waals surface area contributed by atoms with Crippen molar-refractivity contribution in [3.63, 3.8) is 0 Å². The van der Waals surface area contributed by atoms with Crippen LogP contribution in [0.25, 0.3) is 0 Å². The normalized spacial score (nSPS) is 19.1. The molecule has 216 valence electrons. The number of nitrogens with zero attached hydrogens (tertiary/aromatic N) is 3. The van der Waals surface area contributed by atoms with Gasteiger partial charge in [0.2, 0.25) is 0 Å². The Balaban J connectivity index is 1.42. The molecule has 11 nitrogen and oxygen atoms in total. The Labute approximate surface area is 248 Å². The van der Waals surface area contributed by atoms with E-state index < -0.39 is 16.9 Å². The van der Waals surface area contributed by atoms with Crippen LogP contribution in [0.2, 0.25) is 10.0 Å². The van der Waals surface area contributed by atoms with Crippen molar-refractivity contribution in [2.45, 2.75) is 38.6 Å². The quantitative estimate of drug-likeness (QED) is 0.329. The maximum Gasteiger partial charge on any atom is 0.299 e. The summed E-state index contributed by atoms with van der Waals surface area (Å²) >= 11 is 12.7. The summed E-state index contributed by atoms with van der Waals surface area (Å²) < 4.78 is 27.8. The van der Waals surface area contributed by atoms with Crippen LogP contribution in [-0.2, 0) is 20.0 Å². The van der Waals surface area contributed by atoms with Gasteiger partial charge < -0.3 is 25.1 Å². The average molecular weight is 620 g/mol. The summed E-state index contributed by atoms with van der Waals surface area (Å²) in [6.07, 6.45) is 6.52. The van der Waals surface area contributed by atoms with Gasteiger partial charge in [0.1, 0.15) is 5.84 Å². The monoisotopic (exact) mass is 618 g/mol. The molecule has 2 amide bonds. The predicted molar refractivity (Wildman–Crippen MR) is 156 cm³/mol. The van der Waals surface area contributed by atoms with Gasteiger partial charge in [0, 0.05) is 35.6 Å². The molecule has 14 heteroatoms. The summed E-state index contributed by atoms with van der Waals surface area (Å²) in [5.74, 6) is -0.444. The summed E-state index contributed by atoms with van der Waals surface area (Å²) in [5.41, 5.74) is 4.80. The van der Waals surface area contributed by atoms with Crippen molar-refractivity contribution in [3.8, 4) is 0 Å². The number of nitrogens with one attached hydrogen (secondary N) is 3. The summed E-state index contributed by atoms with van der Waals surface area (Å²) in [4.78, 5) is 32.8. The number of halogens is 2. The number of amides is 2. The van der Waals surface area contributed by atoms with Crippen LogP contribution in [0.4, 0.5) is 5.69 Å². The predicted octanol–water partition coefficient (Wildman–Crippen LogP) is 3.49. The van der Waals surface area contributed by atoms with Crippen molar-refractivity contribution in [2.24, 2.45) is 11.0 Å². The van der Waals surface area contributed by atoms with Crippen molar-refractivity contribution in [1.29, 1.82) is 0 Å². The Morgan fingerprint density at radius 3 is 2.71 bits per heavy atom. The number of hydrogen-bond donors (Lipinski definition) is 4. The fourth-order valence-corrected chi connectivity index (χ4v) is 5.66. The van der Waals surface area contributed by atoms with E-state index in [1.165, 1.54) is 18.3 Å².